The second-order valence-corrected chi connectivity index (χ2v) is 6.57. The third kappa shape index (κ3) is 4.30. The number of hydrogen-bond donors (Lipinski definition) is 0. The van der Waals surface area contributed by atoms with Gasteiger partial charge in [0.25, 0.3) is 0 Å². The van der Waals surface area contributed by atoms with E-state index in [0.717, 1.165) is 41.9 Å². The summed E-state index contributed by atoms with van der Waals surface area (Å²) in [5.41, 5.74) is 5.81. The molecule has 140 valence electrons. The molecule has 4 nitrogen and oxygen atoms in total. The van der Waals surface area contributed by atoms with Crippen LogP contribution in [0, 0.1) is 5.95 Å². The first kappa shape index (κ1) is 19.0. The van der Waals surface area contributed by atoms with E-state index >= 15 is 0 Å². The average molecular weight is 364 g/mol. The zero-order valence-electron chi connectivity index (χ0n) is 16.0. The van der Waals surface area contributed by atoms with E-state index in [1.54, 1.807) is 6.07 Å². The summed E-state index contributed by atoms with van der Waals surface area (Å²) < 4.78 is 15.8. The van der Waals surface area contributed by atoms with Crippen molar-refractivity contribution in [1.82, 2.24) is 19.7 Å². The Bertz CT molecular complexity index is 930. The van der Waals surface area contributed by atoms with Crippen molar-refractivity contribution in [3.05, 3.63) is 77.6 Å². The standard InChI is InChI=1S/C22H25FN4/c1-4-8-17-14-18(9-5-2)25-26-20(17)15-27-13-12-16(6-3)22(27)19-10-7-11-21(23)24-19/h5,7,10-14H,2,4,6,8-9,15H2,1,3H3. The van der Waals surface area contributed by atoms with Crippen LogP contribution in [0.4, 0.5) is 4.39 Å². The Balaban J connectivity index is 2.01. The van der Waals surface area contributed by atoms with Gasteiger partial charge in [-0.2, -0.15) is 14.6 Å². The van der Waals surface area contributed by atoms with E-state index in [2.05, 4.69) is 52.3 Å². The third-order valence-corrected chi connectivity index (χ3v) is 4.59. The lowest BCUT2D eigenvalue weighted by Gasteiger charge is -2.13. The largest absolute Gasteiger partial charge is 0.340 e. The van der Waals surface area contributed by atoms with Gasteiger partial charge < -0.3 is 4.57 Å². The number of rotatable bonds is 8. The van der Waals surface area contributed by atoms with E-state index < -0.39 is 5.95 Å². The lowest BCUT2D eigenvalue weighted by atomic mass is 10.1. The molecule has 0 aliphatic carbocycles. The fraction of sp³-hybridized carbons (Fsp3) is 0.318. The minimum absolute atomic E-state index is 0.470. The van der Waals surface area contributed by atoms with Crippen molar-refractivity contribution in [2.24, 2.45) is 0 Å². The summed E-state index contributed by atoms with van der Waals surface area (Å²) in [6, 6.07) is 9.10. The van der Waals surface area contributed by atoms with Gasteiger partial charge >= 0.3 is 0 Å². The molecule has 0 aliphatic rings. The molecule has 27 heavy (non-hydrogen) atoms. The summed E-state index contributed by atoms with van der Waals surface area (Å²) >= 11 is 0. The third-order valence-electron chi connectivity index (χ3n) is 4.59. The Morgan fingerprint density at radius 3 is 2.70 bits per heavy atom. The summed E-state index contributed by atoms with van der Waals surface area (Å²) in [7, 11) is 0. The van der Waals surface area contributed by atoms with Gasteiger partial charge in [0.1, 0.15) is 0 Å². The number of aromatic nitrogens is 4. The monoisotopic (exact) mass is 364 g/mol. The number of aryl methyl sites for hydroxylation is 2. The maximum absolute atomic E-state index is 13.7. The predicted octanol–water partition coefficient (Wildman–Crippen LogP) is 4.77. The van der Waals surface area contributed by atoms with Crippen molar-refractivity contribution in [2.75, 3.05) is 0 Å². The van der Waals surface area contributed by atoms with Crippen molar-refractivity contribution in [3.63, 3.8) is 0 Å². The second-order valence-electron chi connectivity index (χ2n) is 6.57. The molecule has 5 heteroatoms. The molecule has 0 aliphatic heterocycles. The van der Waals surface area contributed by atoms with Crippen molar-refractivity contribution >= 4 is 0 Å². The zero-order chi connectivity index (χ0) is 19.2. The van der Waals surface area contributed by atoms with E-state index in [4.69, 9.17) is 0 Å². The molecule has 0 N–H and O–H groups in total. The molecule has 0 bridgehead atoms. The van der Waals surface area contributed by atoms with E-state index in [9.17, 15) is 4.39 Å². The Morgan fingerprint density at radius 1 is 1.15 bits per heavy atom. The maximum Gasteiger partial charge on any atom is 0.213 e. The Labute approximate surface area is 159 Å². The van der Waals surface area contributed by atoms with Crippen molar-refractivity contribution < 1.29 is 4.39 Å². The highest BCUT2D eigenvalue weighted by Gasteiger charge is 2.15. The molecule has 3 heterocycles. The fourth-order valence-corrected chi connectivity index (χ4v) is 3.32. The molecular formula is C22H25FN4. The number of allylic oxidation sites excluding steroid dienone is 1. The summed E-state index contributed by atoms with van der Waals surface area (Å²) in [6.45, 7) is 8.61. The topological polar surface area (TPSA) is 43.6 Å². The molecule has 0 saturated heterocycles. The number of halogens is 1. The minimum Gasteiger partial charge on any atom is -0.340 e. The van der Waals surface area contributed by atoms with E-state index in [-0.39, 0.29) is 0 Å². The molecule has 0 amide bonds. The van der Waals surface area contributed by atoms with Crippen molar-refractivity contribution in [3.8, 4) is 11.4 Å². The SMILES string of the molecule is C=CCc1cc(CCC)c(Cn2ccc(CC)c2-c2cccc(F)n2)nn1. The smallest absolute Gasteiger partial charge is 0.213 e. The van der Waals surface area contributed by atoms with Crippen LogP contribution in [-0.4, -0.2) is 19.7 Å². The Morgan fingerprint density at radius 2 is 2.00 bits per heavy atom. The van der Waals surface area contributed by atoms with Gasteiger partial charge in [0.05, 0.1) is 29.3 Å². The first-order chi connectivity index (χ1) is 13.2. The molecule has 3 rings (SSSR count). The van der Waals surface area contributed by atoms with Gasteiger partial charge in [-0.1, -0.05) is 32.4 Å². The van der Waals surface area contributed by atoms with E-state index in [1.807, 2.05) is 18.3 Å². The molecule has 0 radical (unpaired) electrons. The molecule has 0 unspecified atom stereocenters. The quantitative estimate of drug-likeness (QED) is 0.427. The molecule has 3 aromatic heterocycles. The second kappa shape index (κ2) is 8.71. The van der Waals surface area contributed by atoms with Crippen molar-refractivity contribution in [1.29, 1.82) is 0 Å². The predicted molar refractivity (Wildman–Crippen MR) is 106 cm³/mol. The van der Waals surface area contributed by atoms with Crippen LogP contribution in [0.5, 0.6) is 0 Å². The molecule has 0 atom stereocenters. The summed E-state index contributed by atoms with van der Waals surface area (Å²) in [4.78, 5) is 4.09. The molecule has 3 aromatic rings. The number of nitrogens with zero attached hydrogens (tertiary/aromatic N) is 4. The Kier molecular flexibility index (Phi) is 6.12. The molecule has 0 spiro atoms. The first-order valence-electron chi connectivity index (χ1n) is 9.42. The minimum atomic E-state index is -0.470. The highest BCUT2D eigenvalue weighted by Crippen LogP contribution is 2.25. The van der Waals surface area contributed by atoms with Gasteiger partial charge in [-0.15, -0.1) is 6.58 Å². The summed E-state index contributed by atoms with van der Waals surface area (Å²) in [5.74, 6) is -0.470. The summed E-state index contributed by atoms with van der Waals surface area (Å²) in [6.07, 6.45) is 7.42. The van der Waals surface area contributed by atoms with Gasteiger partial charge in [0.15, 0.2) is 0 Å². The summed E-state index contributed by atoms with van der Waals surface area (Å²) in [5, 5.41) is 8.83. The molecule has 0 fully saturated rings. The van der Waals surface area contributed by atoms with Crippen LogP contribution in [0.1, 0.15) is 42.8 Å². The normalized spacial score (nSPS) is 10.9. The van der Waals surface area contributed by atoms with Crippen LogP contribution >= 0.6 is 0 Å². The Hall–Kier alpha value is -2.82. The lowest BCUT2D eigenvalue weighted by molar-refractivity contribution is 0.584. The number of hydrogen-bond acceptors (Lipinski definition) is 3. The van der Waals surface area contributed by atoms with Gasteiger partial charge in [-0.25, -0.2) is 4.98 Å². The highest BCUT2D eigenvalue weighted by atomic mass is 19.1. The average Bonchev–Trinajstić information content (AvgIpc) is 3.07. The van der Waals surface area contributed by atoms with Crippen LogP contribution in [0.15, 0.2) is 49.2 Å². The van der Waals surface area contributed by atoms with Gasteiger partial charge in [0.2, 0.25) is 5.95 Å². The van der Waals surface area contributed by atoms with Crippen LogP contribution in [0.3, 0.4) is 0 Å². The van der Waals surface area contributed by atoms with Gasteiger partial charge in [-0.3, -0.25) is 0 Å². The van der Waals surface area contributed by atoms with Crippen molar-refractivity contribution in [2.45, 2.75) is 46.1 Å². The first-order valence-corrected chi connectivity index (χ1v) is 9.42. The van der Waals surface area contributed by atoms with Gasteiger partial charge in [-0.05, 0) is 48.2 Å². The van der Waals surface area contributed by atoms with Crippen LogP contribution in [0.25, 0.3) is 11.4 Å². The van der Waals surface area contributed by atoms with Crippen LogP contribution in [-0.2, 0) is 25.8 Å². The van der Waals surface area contributed by atoms with Gasteiger partial charge in [0, 0.05) is 12.6 Å². The van der Waals surface area contributed by atoms with E-state index in [0.29, 0.717) is 18.7 Å². The molecule has 0 aromatic carbocycles. The lowest BCUT2D eigenvalue weighted by Crippen LogP contribution is -2.10. The maximum atomic E-state index is 13.7. The van der Waals surface area contributed by atoms with Crippen LogP contribution in [0.2, 0.25) is 0 Å². The highest BCUT2D eigenvalue weighted by molar-refractivity contribution is 5.60. The fourth-order valence-electron chi connectivity index (χ4n) is 3.32. The zero-order valence-corrected chi connectivity index (χ0v) is 16.0. The molecule has 0 saturated carbocycles. The van der Waals surface area contributed by atoms with E-state index in [1.165, 1.54) is 11.6 Å². The van der Waals surface area contributed by atoms with Crippen LogP contribution < -0.4 is 0 Å². The number of pyridine rings is 1. The molecular weight excluding hydrogens is 339 g/mol.